The minimum Gasteiger partial charge on any atom is -0.339 e. The zero-order chi connectivity index (χ0) is 8.48. The quantitative estimate of drug-likeness (QED) is 0.661. The Labute approximate surface area is 64.6 Å². The molecule has 0 bridgehead atoms. The first-order chi connectivity index (χ1) is 5.05. The summed E-state index contributed by atoms with van der Waals surface area (Å²) in [4.78, 5) is 12.9. The highest BCUT2D eigenvalue weighted by molar-refractivity contribution is 7.64. The van der Waals surface area contributed by atoms with Crippen LogP contribution in [0.25, 0.3) is 6.20 Å². The highest BCUT2D eigenvalue weighted by atomic mass is 31.2. The molecule has 60 valence electrons. The maximum atomic E-state index is 11.1. The van der Waals surface area contributed by atoms with Gasteiger partial charge in [0.1, 0.15) is 0 Å². The van der Waals surface area contributed by atoms with Gasteiger partial charge >= 0.3 is 0 Å². The van der Waals surface area contributed by atoms with Crippen molar-refractivity contribution in [2.45, 2.75) is 0 Å². The number of hydrogen-bond donors (Lipinski definition) is 1. The summed E-state index contributed by atoms with van der Waals surface area (Å²) in [5.41, 5.74) is 0.160. The maximum absolute atomic E-state index is 11.1. The molecule has 0 aliphatic carbocycles. The van der Waals surface area contributed by atoms with E-state index in [1.807, 2.05) is 0 Å². The summed E-state index contributed by atoms with van der Waals surface area (Å²) in [6.07, 6.45) is 4.48. The summed E-state index contributed by atoms with van der Waals surface area (Å²) >= 11 is 0. The lowest BCUT2D eigenvalue weighted by atomic mass is 10.9. The third-order valence-electron chi connectivity index (χ3n) is 1.22. The van der Waals surface area contributed by atoms with E-state index in [2.05, 4.69) is 11.6 Å². The standard InChI is InChI=1S/C6H9N2O2P/c1-3-8-5-4-7-6(8)11(2,9)10/h3-5H,1H2,2H3,(H,9,10). The molecule has 4 nitrogen and oxygen atoms in total. The summed E-state index contributed by atoms with van der Waals surface area (Å²) in [6.45, 7) is 4.71. The molecule has 1 unspecified atom stereocenters. The Morgan fingerprint density at radius 3 is 2.91 bits per heavy atom. The molecule has 1 N–H and O–H groups in total. The average Bonchev–Trinajstić information content (AvgIpc) is 2.31. The van der Waals surface area contributed by atoms with Crippen LogP contribution in [-0.4, -0.2) is 21.1 Å². The molecule has 0 aromatic carbocycles. The summed E-state index contributed by atoms with van der Waals surface area (Å²) in [6, 6.07) is 0. The van der Waals surface area contributed by atoms with Crippen molar-refractivity contribution in [1.29, 1.82) is 0 Å². The first-order valence-corrected chi connectivity index (χ1v) is 5.12. The number of imidazole rings is 1. The second-order valence-corrected chi connectivity index (χ2v) is 4.35. The first kappa shape index (κ1) is 8.24. The molecule has 0 aliphatic rings. The van der Waals surface area contributed by atoms with Crippen LogP contribution in [0.1, 0.15) is 0 Å². The molecule has 0 aliphatic heterocycles. The van der Waals surface area contributed by atoms with Gasteiger partial charge in [-0.05, 0) is 0 Å². The van der Waals surface area contributed by atoms with E-state index in [1.54, 1.807) is 6.20 Å². The molecular formula is C6H9N2O2P. The SMILES string of the molecule is C=Cn1ccnc1P(C)(=O)O. The van der Waals surface area contributed by atoms with Crippen molar-refractivity contribution in [1.82, 2.24) is 9.55 Å². The molecule has 0 spiro atoms. The highest BCUT2D eigenvalue weighted by Gasteiger charge is 2.18. The minimum atomic E-state index is -3.24. The van der Waals surface area contributed by atoms with Crippen LogP contribution < -0.4 is 5.57 Å². The van der Waals surface area contributed by atoms with Gasteiger partial charge in [-0.1, -0.05) is 6.58 Å². The summed E-state index contributed by atoms with van der Waals surface area (Å²) in [5, 5.41) is 0. The fourth-order valence-corrected chi connectivity index (χ4v) is 1.63. The van der Waals surface area contributed by atoms with Gasteiger partial charge in [-0.25, -0.2) is 4.98 Å². The third-order valence-corrected chi connectivity index (χ3v) is 2.30. The van der Waals surface area contributed by atoms with Crippen LogP contribution in [0.3, 0.4) is 0 Å². The van der Waals surface area contributed by atoms with Crippen molar-refractivity contribution in [3.63, 3.8) is 0 Å². The Bertz CT molecular complexity index is 312. The molecule has 5 heteroatoms. The molecule has 1 atom stereocenters. The van der Waals surface area contributed by atoms with Gasteiger partial charge in [0.15, 0.2) is 5.57 Å². The summed E-state index contributed by atoms with van der Waals surface area (Å²) in [5.74, 6) is 0. The highest BCUT2D eigenvalue weighted by Crippen LogP contribution is 2.32. The number of rotatable bonds is 2. The second-order valence-electron chi connectivity index (χ2n) is 2.20. The molecule has 11 heavy (non-hydrogen) atoms. The molecular weight excluding hydrogens is 163 g/mol. The molecule has 1 aromatic rings. The van der Waals surface area contributed by atoms with Gasteiger partial charge in [-0.3, -0.25) is 4.57 Å². The molecule has 0 amide bonds. The number of nitrogens with zero attached hydrogens (tertiary/aromatic N) is 2. The fraction of sp³-hybridized carbons (Fsp3) is 0.167. The smallest absolute Gasteiger partial charge is 0.261 e. The van der Waals surface area contributed by atoms with E-state index in [4.69, 9.17) is 4.89 Å². The van der Waals surface area contributed by atoms with Gasteiger partial charge in [0.25, 0.3) is 7.37 Å². The Kier molecular flexibility index (Phi) is 1.98. The van der Waals surface area contributed by atoms with E-state index in [0.29, 0.717) is 0 Å². The van der Waals surface area contributed by atoms with Gasteiger partial charge in [-0.2, -0.15) is 0 Å². The van der Waals surface area contributed by atoms with E-state index >= 15 is 0 Å². The monoisotopic (exact) mass is 172 g/mol. The van der Waals surface area contributed by atoms with Crippen molar-refractivity contribution < 1.29 is 9.46 Å². The van der Waals surface area contributed by atoms with Crippen molar-refractivity contribution in [3.05, 3.63) is 19.0 Å². The predicted molar refractivity (Wildman–Crippen MR) is 44.0 cm³/mol. The lowest BCUT2D eigenvalue weighted by Gasteiger charge is -2.03. The predicted octanol–water partition coefficient (Wildman–Crippen LogP) is 0.509. The number of aromatic nitrogens is 2. The normalized spacial score (nSPS) is 15.8. The van der Waals surface area contributed by atoms with Gasteiger partial charge in [0, 0.05) is 25.3 Å². The lowest BCUT2D eigenvalue weighted by Crippen LogP contribution is -2.14. The van der Waals surface area contributed by atoms with Crippen molar-refractivity contribution in [2.24, 2.45) is 0 Å². The van der Waals surface area contributed by atoms with E-state index in [9.17, 15) is 4.57 Å². The van der Waals surface area contributed by atoms with Crippen molar-refractivity contribution in [3.8, 4) is 0 Å². The molecule has 0 saturated carbocycles. The number of hydrogen-bond acceptors (Lipinski definition) is 2. The molecule has 0 fully saturated rings. The first-order valence-electron chi connectivity index (χ1n) is 3.02. The fourth-order valence-electron chi connectivity index (χ4n) is 0.769. The van der Waals surface area contributed by atoms with E-state index in [-0.39, 0.29) is 5.57 Å². The zero-order valence-electron chi connectivity index (χ0n) is 6.14. The minimum absolute atomic E-state index is 0.160. The molecule has 1 heterocycles. The van der Waals surface area contributed by atoms with E-state index < -0.39 is 7.37 Å². The zero-order valence-corrected chi connectivity index (χ0v) is 7.03. The Hall–Kier alpha value is -0.860. The largest absolute Gasteiger partial charge is 0.339 e. The van der Waals surface area contributed by atoms with Crippen LogP contribution in [-0.2, 0) is 4.57 Å². The average molecular weight is 172 g/mol. The van der Waals surface area contributed by atoms with Gasteiger partial charge in [0.2, 0.25) is 0 Å². The Morgan fingerprint density at radius 2 is 2.55 bits per heavy atom. The topological polar surface area (TPSA) is 55.1 Å². The van der Waals surface area contributed by atoms with Crippen LogP contribution in [0, 0.1) is 0 Å². The van der Waals surface area contributed by atoms with Gasteiger partial charge < -0.3 is 9.46 Å². The van der Waals surface area contributed by atoms with Gasteiger partial charge in [-0.15, -0.1) is 0 Å². The Morgan fingerprint density at radius 1 is 1.91 bits per heavy atom. The summed E-state index contributed by atoms with van der Waals surface area (Å²) < 4.78 is 12.5. The molecule has 0 saturated heterocycles. The lowest BCUT2D eigenvalue weighted by molar-refractivity contribution is 0.494. The van der Waals surface area contributed by atoms with Gasteiger partial charge in [0.05, 0.1) is 0 Å². The van der Waals surface area contributed by atoms with Crippen LogP contribution in [0.2, 0.25) is 0 Å². The second kappa shape index (κ2) is 2.64. The Balaban J connectivity index is 3.23. The summed E-state index contributed by atoms with van der Waals surface area (Å²) in [7, 11) is -3.24. The molecule has 1 aromatic heterocycles. The van der Waals surface area contributed by atoms with Crippen LogP contribution >= 0.6 is 7.37 Å². The van der Waals surface area contributed by atoms with Crippen LogP contribution in [0.4, 0.5) is 0 Å². The van der Waals surface area contributed by atoms with Crippen molar-refractivity contribution in [2.75, 3.05) is 6.66 Å². The molecule has 0 radical (unpaired) electrons. The maximum Gasteiger partial charge on any atom is 0.261 e. The van der Waals surface area contributed by atoms with E-state index in [1.165, 1.54) is 23.6 Å². The van der Waals surface area contributed by atoms with Crippen LogP contribution in [0.5, 0.6) is 0 Å². The van der Waals surface area contributed by atoms with Crippen LogP contribution in [0.15, 0.2) is 19.0 Å². The third kappa shape index (κ3) is 1.59. The van der Waals surface area contributed by atoms with E-state index in [0.717, 1.165) is 0 Å². The molecule has 1 rings (SSSR count). The van der Waals surface area contributed by atoms with Crippen molar-refractivity contribution >= 4 is 19.1 Å².